The van der Waals surface area contributed by atoms with Crippen molar-refractivity contribution in [3.8, 4) is 11.4 Å². The minimum Gasteiger partial charge on any atom is -0.241 e. The van der Waals surface area contributed by atoms with Crippen molar-refractivity contribution in [1.82, 2.24) is 9.55 Å². The van der Waals surface area contributed by atoms with Gasteiger partial charge in [0.25, 0.3) is 5.82 Å². The summed E-state index contributed by atoms with van der Waals surface area (Å²) in [5.41, 5.74) is 6.37. The van der Waals surface area contributed by atoms with Crippen molar-refractivity contribution in [3.63, 3.8) is 0 Å². The van der Waals surface area contributed by atoms with Crippen LogP contribution in [-0.4, -0.2) is 9.55 Å². The van der Waals surface area contributed by atoms with Gasteiger partial charge in [-0.3, -0.25) is 0 Å². The van der Waals surface area contributed by atoms with Crippen LogP contribution in [0.2, 0.25) is 0 Å². The molecule has 1 fully saturated rings. The molecular formula is C26H32N3S+. The van der Waals surface area contributed by atoms with E-state index in [4.69, 9.17) is 4.98 Å². The largest absolute Gasteiger partial charge is 0.291 e. The SMILES string of the molecule is Cc1ccc2nc(C3CCCCC3)sc2c1-c1n(C(C)(C)C)c2ccccc2[n+]1C. The number of imidazole rings is 1. The molecule has 2 aromatic heterocycles. The second kappa shape index (κ2) is 7.19. The average molecular weight is 419 g/mol. The normalized spacial score (nSPS) is 16.0. The molecule has 0 amide bonds. The van der Waals surface area contributed by atoms with E-state index in [1.54, 1.807) is 0 Å². The maximum atomic E-state index is 5.14. The minimum atomic E-state index is -0.0261. The first kappa shape index (κ1) is 19.7. The maximum Gasteiger partial charge on any atom is 0.291 e. The topological polar surface area (TPSA) is 21.7 Å². The molecule has 0 spiro atoms. The Bertz CT molecular complexity index is 1230. The van der Waals surface area contributed by atoms with Crippen molar-refractivity contribution in [3.05, 3.63) is 47.0 Å². The van der Waals surface area contributed by atoms with Crippen molar-refractivity contribution < 1.29 is 4.57 Å². The molecule has 0 unspecified atom stereocenters. The smallest absolute Gasteiger partial charge is 0.241 e. The molecule has 30 heavy (non-hydrogen) atoms. The Morgan fingerprint density at radius 3 is 2.50 bits per heavy atom. The van der Waals surface area contributed by atoms with Gasteiger partial charge in [-0.15, -0.1) is 11.3 Å². The van der Waals surface area contributed by atoms with Crippen molar-refractivity contribution in [2.45, 2.75) is 71.3 Å². The van der Waals surface area contributed by atoms with E-state index in [0.29, 0.717) is 5.92 Å². The third kappa shape index (κ3) is 3.08. The number of para-hydroxylation sites is 2. The highest BCUT2D eigenvalue weighted by Gasteiger charge is 2.34. The van der Waals surface area contributed by atoms with E-state index in [9.17, 15) is 0 Å². The number of fused-ring (bicyclic) bond motifs is 2. The molecule has 1 aliphatic carbocycles. The van der Waals surface area contributed by atoms with Crippen molar-refractivity contribution in [2.24, 2.45) is 7.05 Å². The summed E-state index contributed by atoms with van der Waals surface area (Å²) in [5, 5.41) is 1.35. The second-order valence-corrected chi connectivity index (χ2v) is 10.9. The van der Waals surface area contributed by atoms with E-state index in [0.717, 1.165) is 5.52 Å². The molecule has 2 aromatic carbocycles. The van der Waals surface area contributed by atoms with Gasteiger partial charge in [0.05, 0.1) is 27.8 Å². The fourth-order valence-electron chi connectivity index (χ4n) is 5.18. The summed E-state index contributed by atoms with van der Waals surface area (Å²) in [6.07, 6.45) is 6.67. The number of aromatic nitrogens is 3. The van der Waals surface area contributed by atoms with Gasteiger partial charge in [0.15, 0.2) is 11.0 Å². The fraction of sp³-hybridized carbons (Fsp3) is 0.462. The molecule has 0 bridgehead atoms. The first-order valence-corrected chi connectivity index (χ1v) is 12.1. The summed E-state index contributed by atoms with van der Waals surface area (Å²) in [4.78, 5) is 5.14. The van der Waals surface area contributed by atoms with E-state index in [-0.39, 0.29) is 5.54 Å². The zero-order valence-electron chi connectivity index (χ0n) is 18.8. The van der Waals surface area contributed by atoms with Gasteiger partial charge in [0, 0.05) is 5.92 Å². The predicted octanol–water partition coefficient (Wildman–Crippen LogP) is 6.85. The Morgan fingerprint density at radius 1 is 1.03 bits per heavy atom. The van der Waals surface area contributed by atoms with Gasteiger partial charge in [-0.05, 0) is 64.3 Å². The highest BCUT2D eigenvalue weighted by molar-refractivity contribution is 7.19. The van der Waals surface area contributed by atoms with Crippen LogP contribution in [0.1, 0.15) is 69.4 Å². The molecule has 3 nitrogen and oxygen atoms in total. The van der Waals surface area contributed by atoms with Gasteiger partial charge in [0.1, 0.15) is 5.54 Å². The quantitative estimate of drug-likeness (QED) is 0.326. The molecule has 4 heteroatoms. The lowest BCUT2D eigenvalue weighted by molar-refractivity contribution is -0.634. The molecule has 0 N–H and O–H groups in total. The van der Waals surface area contributed by atoms with Crippen molar-refractivity contribution in [1.29, 1.82) is 0 Å². The van der Waals surface area contributed by atoms with Crippen molar-refractivity contribution in [2.75, 3.05) is 0 Å². The molecule has 2 heterocycles. The first-order valence-electron chi connectivity index (χ1n) is 11.3. The van der Waals surface area contributed by atoms with Crippen molar-refractivity contribution >= 4 is 32.6 Å². The molecule has 5 rings (SSSR count). The lowest BCUT2D eigenvalue weighted by Crippen LogP contribution is -2.33. The summed E-state index contributed by atoms with van der Waals surface area (Å²) in [7, 11) is 2.21. The number of aryl methyl sites for hydroxylation is 2. The van der Waals surface area contributed by atoms with Crippen LogP contribution >= 0.6 is 11.3 Å². The van der Waals surface area contributed by atoms with Gasteiger partial charge >= 0.3 is 0 Å². The standard InChI is InChI=1S/C26H32N3S/c1-17-15-16-19-23(30-24(27-19)18-11-7-6-8-12-18)22(17)25-28(5)20-13-9-10-14-21(20)29(25)26(2,3)4/h9-10,13-16,18H,6-8,11-12H2,1-5H3/q+1. The number of thiazole rings is 1. The van der Waals surface area contributed by atoms with Gasteiger partial charge < -0.3 is 0 Å². The van der Waals surface area contributed by atoms with Crippen LogP contribution in [0.25, 0.3) is 32.6 Å². The number of hydrogen-bond donors (Lipinski definition) is 0. The molecule has 156 valence electrons. The molecule has 0 radical (unpaired) electrons. The van der Waals surface area contributed by atoms with Crippen LogP contribution in [0.5, 0.6) is 0 Å². The van der Waals surface area contributed by atoms with Crippen LogP contribution < -0.4 is 4.57 Å². The Hall–Kier alpha value is -2.20. The van der Waals surface area contributed by atoms with Crippen LogP contribution in [0, 0.1) is 6.92 Å². The summed E-state index contributed by atoms with van der Waals surface area (Å²) in [6, 6.07) is 13.3. The molecule has 0 saturated heterocycles. The highest BCUT2D eigenvalue weighted by Crippen LogP contribution is 2.42. The van der Waals surface area contributed by atoms with Crippen LogP contribution in [0.3, 0.4) is 0 Å². The zero-order chi connectivity index (χ0) is 21.0. The lowest BCUT2D eigenvalue weighted by Gasteiger charge is -2.19. The van der Waals surface area contributed by atoms with Gasteiger partial charge in [-0.25, -0.2) is 14.1 Å². The maximum absolute atomic E-state index is 5.14. The zero-order valence-corrected chi connectivity index (χ0v) is 19.6. The summed E-state index contributed by atoms with van der Waals surface area (Å²) in [6.45, 7) is 9.16. The molecule has 0 atom stereocenters. The van der Waals surface area contributed by atoms with E-state index in [1.165, 1.54) is 69.8 Å². The molecule has 0 aliphatic heterocycles. The molecule has 1 aliphatic rings. The number of rotatable bonds is 2. The Kier molecular flexibility index (Phi) is 4.73. The third-order valence-corrected chi connectivity index (χ3v) is 7.90. The van der Waals surface area contributed by atoms with Crippen LogP contribution in [-0.2, 0) is 12.6 Å². The Morgan fingerprint density at radius 2 is 1.77 bits per heavy atom. The fourth-order valence-corrected chi connectivity index (χ4v) is 6.51. The number of hydrogen-bond acceptors (Lipinski definition) is 2. The second-order valence-electron chi connectivity index (χ2n) is 9.87. The average Bonchev–Trinajstić information content (AvgIpc) is 3.28. The molecule has 4 aromatic rings. The number of nitrogens with zero attached hydrogens (tertiary/aromatic N) is 3. The predicted molar refractivity (Wildman–Crippen MR) is 127 cm³/mol. The monoisotopic (exact) mass is 418 g/mol. The summed E-state index contributed by atoms with van der Waals surface area (Å²) < 4.78 is 6.24. The van der Waals surface area contributed by atoms with Crippen LogP contribution in [0.15, 0.2) is 36.4 Å². The third-order valence-electron chi connectivity index (χ3n) is 6.64. The molecule has 1 saturated carbocycles. The van der Waals surface area contributed by atoms with E-state index in [1.807, 2.05) is 11.3 Å². The molecular weight excluding hydrogens is 386 g/mol. The van der Waals surface area contributed by atoms with E-state index >= 15 is 0 Å². The Balaban J connectivity index is 1.81. The van der Waals surface area contributed by atoms with Gasteiger partial charge in [-0.1, -0.05) is 37.5 Å². The minimum absolute atomic E-state index is 0.0261. The highest BCUT2D eigenvalue weighted by atomic mass is 32.1. The Labute approximate surface area is 183 Å². The van der Waals surface area contributed by atoms with Gasteiger partial charge in [0.2, 0.25) is 0 Å². The van der Waals surface area contributed by atoms with Gasteiger partial charge in [-0.2, -0.15) is 0 Å². The first-order chi connectivity index (χ1) is 14.4. The lowest BCUT2D eigenvalue weighted by atomic mass is 9.90. The van der Waals surface area contributed by atoms with E-state index < -0.39 is 0 Å². The summed E-state index contributed by atoms with van der Waals surface area (Å²) in [5.74, 6) is 1.93. The number of benzene rings is 2. The van der Waals surface area contributed by atoms with Crippen LogP contribution in [0.4, 0.5) is 0 Å². The summed E-state index contributed by atoms with van der Waals surface area (Å²) >= 11 is 1.94. The van der Waals surface area contributed by atoms with E-state index in [2.05, 4.69) is 80.3 Å².